The fraction of sp³-hybridized carbons (Fsp3) is 0.125. The number of halogens is 3. The molecule has 0 unspecified atom stereocenters. The molecular weight excluding hydrogens is 200 g/mol. The van der Waals surface area contributed by atoms with Crippen molar-refractivity contribution < 1.29 is 4.39 Å². The van der Waals surface area contributed by atoms with Gasteiger partial charge in [0, 0.05) is 17.8 Å². The van der Waals surface area contributed by atoms with Gasteiger partial charge < -0.3 is 0 Å². The highest BCUT2D eigenvalue weighted by molar-refractivity contribution is 6.31. The maximum absolute atomic E-state index is 12.5. The highest BCUT2D eigenvalue weighted by Crippen LogP contribution is 2.13. The highest BCUT2D eigenvalue weighted by atomic mass is 35.5. The summed E-state index contributed by atoms with van der Waals surface area (Å²) in [7, 11) is 0. The van der Waals surface area contributed by atoms with E-state index in [1.165, 1.54) is 12.3 Å². The maximum Gasteiger partial charge on any atom is 0.214 e. The number of hydrogen-bond acceptors (Lipinski definition) is 1. The second kappa shape index (κ2) is 4.30. The van der Waals surface area contributed by atoms with Crippen molar-refractivity contribution in [1.29, 1.82) is 0 Å². The molecule has 0 fully saturated rings. The van der Waals surface area contributed by atoms with Crippen LogP contribution in [0.3, 0.4) is 0 Å². The van der Waals surface area contributed by atoms with Crippen LogP contribution in [0.15, 0.2) is 12.3 Å². The third kappa shape index (κ3) is 2.37. The quantitative estimate of drug-likeness (QED) is 0.359. The Morgan fingerprint density at radius 3 is 3.00 bits per heavy atom. The zero-order chi connectivity index (χ0) is 8.97. The number of nitrogens with zero attached hydrogens (tertiary/aromatic N) is 1. The fourth-order valence-corrected chi connectivity index (χ4v) is 0.855. The molecule has 62 valence electrons. The molecule has 0 aliphatic carbocycles. The third-order valence-electron chi connectivity index (χ3n) is 1.11. The predicted octanol–water partition coefficient (Wildman–Crippen LogP) is 2.46. The van der Waals surface area contributed by atoms with Gasteiger partial charge in [-0.1, -0.05) is 23.4 Å². The van der Waals surface area contributed by atoms with E-state index in [1.807, 2.05) is 0 Å². The third-order valence-corrected chi connectivity index (χ3v) is 1.55. The van der Waals surface area contributed by atoms with E-state index in [2.05, 4.69) is 16.8 Å². The lowest BCUT2D eigenvalue weighted by atomic mass is 10.3. The Kier molecular flexibility index (Phi) is 3.33. The van der Waals surface area contributed by atoms with Crippen molar-refractivity contribution in [3.8, 4) is 11.8 Å². The molecule has 1 heterocycles. The molecule has 1 aromatic rings. The Morgan fingerprint density at radius 2 is 2.33 bits per heavy atom. The van der Waals surface area contributed by atoms with Gasteiger partial charge in [0.2, 0.25) is 5.95 Å². The Bertz CT molecular complexity index is 341. The van der Waals surface area contributed by atoms with Crippen LogP contribution in [-0.4, -0.2) is 10.9 Å². The molecular formula is C8H4Cl2FN. The lowest BCUT2D eigenvalue weighted by Gasteiger charge is -1.93. The van der Waals surface area contributed by atoms with Crippen molar-refractivity contribution in [2.24, 2.45) is 0 Å². The van der Waals surface area contributed by atoms with Gasteiger partial charge in [0.15, 0.2) is 0 Å². The summed E-state index contributed by atoms with van der Waals surface area (Å²) in [6.45, 7) is 0. The zero-order valence-electron chi connectivity index (χ0n) is 5.94. The molecule has 0 N–H and O–H groups in total. The first-order valence-electron chi connectivity index (χ1n) is 3.10. The SMILES string of the molecule is Fc1cc(C#CCCl)c(Cl)cn1. The standard InChI is InChI=1S/C8H4Cl2FN/c9-3-1-2-6-4-8(11)12-5-7(6)10/h4-5H,3H2. The molecule has 1 rings (SSSR count). The maximum atomic E-state index is 12.5. The minimum absolute atomic E-state index is 0.195. The van der Waals surface area contributed by atoms with E-state index in [9.17, 15) is 4.39 Å². The van der Waals surface area contributed by atoms with Crippen LogP contribution in [0.4, 0.5) is 4.39 Å². The van der Waals surface area contributed by atoms with E-state index in [4.69, 9.17) is 23.2 Å². The molecule has 0 saturated carbocycles. The van der Waals surface area contributed by atoms with Crippen LogP contribution in [0, 0.1) is 17.8 Å². The summed E-state index contributed by atoms with van der Waals surface area (Å²) in [5, 5.41) is 0.328. The van der Waals surface area contributed by atoms with Crippen molar-refractivity contribution in [2.75, 3.05) is 5.88 Å². The Balaban J connectivity index is 3.05. The average Bonchev–Trinajstić information content (AvgIpc) is 2.07. The lowest BCUT2D eigenvalue weighted by molar-refractivity contribution is 0.583. The summed E-state index contributed by atoms with van der Waals surface area (Å²) < 4.78 is 12.5. The zero-order valence-corrected chi connectivity index (χ0v) is 7.45. The van der Waals surface area contributed by atoms with Crippen molar-refractivity contribution in [3.05, 3.63) is 28.8 Å². The summed E-state index contributed by atoms with van der Waals surface area (Å²) in [5.41, 5.74) is 0.407. The first kappa shape index (κ1) is 9.31. The number of alkyl halides is 1. The molecule has 4 heteroatoms. The van der Waals surface area contributed by atoms with Crippen LogP contribution in [0.1, 0.15) is 5.56 Å². The second-order valence-electron chi connectivity index (χ2n) is 1.92. The summed E-state index contributed by atoms with van der Waals surface area (Å²) in [6, 6.07) is 1.17. The van der Waals surface area contributed by atoms with Crippen molar-refractivity contribution in [3.63, 3.8) is 0 Å². The van der Waals surface area contributed by atoms with Crippen LogP contribution in [-0.2, 0) is 0 Å². The van der Waals surface area contributed by atoms with E-state index in [0.717, 1.165) is 0 Å². The molecule has 0 radical (unpaired) electrons. The van der Waals surface area contributed by atoms with E-state index in [-0.39, 0.29) is 5.88 Å². The largest absolute Gasteiger partial charge is 0.227 e. The number of pyridine rings is 1. The van der Waals surface area contributed by atoms with Gasteiger partial charge in [0.25, 0.3) is 0 Å². The van der Waals surface area contributed by atoms with Gasteiger partial charge in [-0.05, 0) is 0 Å². The van der Waals surface area contributed by atoms with Gasteiger partial charge in [-0.3, -0.25) is 0 Å². The molecule has 1 aromatic heterocycles. The topological polar surface area (TPSA) is 12.9 Å². The molecule has 0 bridgehead atoms. The average molecular weight is 204 g/mol. The van der Waals surface area contributed by atoms with Crippen molar-refractivity contribution in [2.45, 2.75) is 0 Å². The van der Waals surface area contributed by atoms with Crippen molar-refractivity contribution >= 4 is 23.2 Å². The van der Waals surface area contributed by atoms with E-state index in [0.29, 0.717) is 10.6 Å². The molecule has 0 spiro atoms. The predicted molar refractivity (Wildman–Crippen MR) is 46.8 cm³/mol. The molecule has 1 nitrogen and oxygen atoms in total. The smallest absolute Gasteiger partial charge is 0.214 e. The van der Waals surface area contributed by atoms with E-state index >= 15 is 0 Å². The van der Waals surface area contributed by atoms with Crippen LogP contribution < -0.4 is 0 Å². The Morgan fingerprint density at radius 1 is 1.58 bits per heavy atom. The number of rotatable bonds is 0. The van der Waals surface area contributed by atoms with Gasteiger partial charge in [-0.25, -0.2) is 4.98 Å². The molecule has 0 saturated heterocycles. The molecule has 0 atom stereocenters. The van der Waals surface area contributed by atoms with Gasteiger partial charge in [-0.2, -0.15) is 4.39 Å². The molecule has 0 aliphatic heterocycles. The lowest BCUT2D eigenvalue weighted by Crippen LogP contribution is -1.85. The molecule has 12 heavy (non-hydrogen) atoms. The number of hydrogen-bond donors (Lipinski definition) is 0. The normalized spacial score (nSPS) is 8.92. The summed E-state index contributed by atoms with van der Waals surface area (Å²) in [6.07, 6.45) is 1.22. The summed E-state index contributed by atoms with van der Waals surface area (Å²) >= 11 is 11.0. The van der Waals surface area contributed by atoms with Gasteiger partial charge in [0.1, 0.15) is 0 Å². The minimum Gasteiger partial charge on any atom is -0.227 e. The molecule has 0 amide bonds. The van der Waals surface area contributed by atoms with Crippen LogP contribution in [0.25, 0.3) is 0 Å². The monoisotopic (exact) mass is 203 g/mol. The Hall–Kier alpha value is -0.780. The summed E-state index contributed by atoms with van der Waals surface area (Å²) in [4.78, 5) is 3.35. The molecule has 0 aliphatic rings. The van der Waals surface area contributed by atoms with Gasteiger partial charge in [-0.15, -0.1) is 11.6 Å². The van der Waals surface area contributed by atoms with Crippen molar-refractivity contribution in [1.82, 2.24) is 4.98 Å². The minimum atomic E-state index is -0.599. The van der Waals surface area contributed by atoms with Crippen LogP contribution >= 0.6 is 23.2 Å². The summed E-state index contributed by atoms with van der Waals surface area (Å²) in [5.74, 6) is 4.77. The fourth-order valence-electron chi connectivity index (χ4n) is 0.638. The number of aromatic nitrogens is 1. The van der Waals surface area contributed by atoms with Crippen LogP contribution in [0.2, 0.25) is 5.02 Å². The first-order chi connectivity index (χ1) is 5.74. The van der Waals surface area contributed by atoms with Gasteiger partial charge in [0.05, 0.1) is 10.9 Å². The molecule has 0 aromatic carbocycles. The van der Waals surface area contributed by atoms with Gasteiger partial charge >= 0.3 is 0 Å². The highest BCUT2D eigenvalue weighted by Gasteiger charge is 1.98. The van der Waals surface area contributed by atoms with E-state index in [1.54, 1.807) is 0 Å². The second-order valence-corrected chi connectivity index (χ2v) is 2.60. The Labute approximate surface area is 79.5 Å². The van der Waals surface area contributed by atoms with E-state index < -0.39 is 5.95 Å². The first-order valence-corrected chi connectivity index (χ1v) is 4.01. The van der Waals surface area contributed by atoms with Crippen LogP contribution in [0.5, 0.6) is 0 Å².